The van der Waals surface area contributed by atoms with E-state index in [-0.39, 0.29) is 0 Å². The minimum absolute atomic E-state index is 0.293. The smallest absolute Gasteiger partial charge is 0.331 e. The van der Waals surface area contributed by atoms with Crippen molar-refractivity contribution in [2.45, 2.75) is 40.0 Å². The van der Waals surface area contributed by atoms with Gasteiger partial charge in [0.15, 0.2) is 0 Å². The number of carbonyl (C=O) groups is 2. The molecule has 0 aromatic rings. The van der Waals surface area contributed by atoms with Crippen molar-refractivity contribution in [2.75, 3.05) is 46.1 Å². The second-order valence-electron chi connectivity index (χ2n) is 6.87. The molecule has 6 heteroatoms. The maximum absolute atomic E-state index is 11.5. The highest BCUT2D eigenvalue weighted by Gasteiger charge is 2.10. The van der Waals surface area contributed by atoms with Gasteiger partial charge in [-0.05, 0) is 37.6 Å². The summed E-state index contributed by atoms with van der Waals surface area (Å²) in [6, 6.07) is 0. The van der Waals surface area contributed by atoms with Crippen LogP contribution in [0, 0.1) is 11.8 Å². The Labute approximate surface area is 151 Å². The van der Waals surface area contributed by atoms with Crippen molar-refractivity contribution in [3.63, 3.8) is 0 Å². The molecule has 0 radical (unpaired) electrons. The second kappa shape index (κ2) is 12.9. The van der Waals surface area contributed by atoms with Crippen LogP contribution in [0.3, 0.4) is 0 Å². The first kappa shape index (κ1) is 21.6. The average molecular weight is 355 g/mol. The van der Waals surface area contributed by atoms with Crippen molar-refractivity contribution in [3.05, 3.63) is 12.2 Å². The van der Waals surface area contributed by atoms with Crippen LogP contribution >= 0.6 is 0 Å². The summed E-state index contributed by atoms with van der Waals surface area (Å²) in [5.74, 6) is -0.260. The van der Waals surface area contributed by atoms with E-state index in [4.69, 9.17) is 14.2 Å². The number of hydrogen-bond donors (Lipinski definition) is 0. The Hall–Kier alpha value is -1.40. The van der Waals surface area contributed by atoms with E-state index in [1.165, 1.54) is 0 Å². The summed E-state index contributed by atoms with van der Waals surface area (Å²) in [5, 5.41) is 0. The zero-order chi connectivity index (χ0) is 18.5. The topological polar surface area (TPSA) is 65.1 Å². The molecule has 1 aliphatic heterocycles. The Kier molecular flexibility index (Phi) is 11.2. The van der Waals surface area contributed by atoms with Gasteiger partial charge in [-0.1, -0.05) is 20.8 Å². The number of unbranched alkanes of at least 4 members (excludes halogenated alkanes) is 2. The third-order valence-corrected chi connectivity index (χ3v) is 4.45. The Balaban J connectivity index is 2.01. The zero-order valence-corrected chi connectivity index (χ0v) is 15.9. The van der Waals surface area contributed by atoms with Gasteiger partial charge in [0.1, 0.15) is 0 Å². The zero-order valence-electron chi connectivity index (χ0n) is 15.9. The molecule has 0 aromatic heterocycles. The van der Waals surface area contributed by atoms with Crippen molar-refractivity contribution in [3.8, 4) is 0 Å². The lowest BCUT2D eigenvalue weighted by Crippen LogP contribution is -2.36. The molecule has 0 aromatic carbocycles. The maximum Gasteiger partial charge on any atom is 0.331 e. The van der Waals surface area contributed by atoms with Crippen LogP contribution in [0.1, 0.15) is 40.0 Å². The molecule has 144 valence electrons. The minimum atomic E-state index is -0.505. The van der Waals surface area contributed by atoms with E-state index in [9.17, 15) is 9.59 Å². The summed E-state index contributed by atoms with van der Waals surface area (Å²) in [4.78, 5) is 25.4. The number of nitrogens with zero attached hydrogens (tertiary/aromatic N) is 1. The molecule has 1 aliphatic rings. The van der Waals surface area contributed by atoms with Gasteiger partial charge in [0.25, 0.3) is 0 Å². The summed E-state index contributed by atoms with van der Waals surface area (Å²) >= 11 is 0. The van der Waals surface area contributed by atoms with Gasteiger partial charge >= 0.3 is 11.9 Å². The summed E-state index contributed by atoms with van der Waals surface area (Å²) < 4.78 is 15.5. The van der Waals surface area contributed by atoms with E-state index >= 15 is 0 Å². The number of morpholine rings is 1. The fraction of sp³-hybridized carbons (Fsp3) is 0.789. The predicted octanol–water partition coefficient (Wildman–Crippen LogP) is 2.42. The Morgan fingerprint density at radius 2 is 1.64 bits per heavy atom. The standard InChI is InChI=1S/C19H33NO5/c1-16(2)17(3)15-25-19(22)8-7-18(21)24-12-6-4-5-9-20-10-13-23-14-11-20/h7-8,16-17H,4-6,9-15H2,1-3H3/b8-7+. The van der Waals surface area contributed by atoms with E-state index in [0.717, 1.165) is 64.3 Å². The molecule has 0 aliphatic carbocycles. The summed E-state index contributed by atoms with van der Waals surface area (Å²) in [7, 11) is 0. The molecule has 1 atom stereocenters. The molecule has 0 N–H and O–H groups in total. The quantitative estimate of drug-likeness (QED) is 0.322. The predicted molar refractivity (Wildman–Crippen MR) is 96.2 cm³/mol. The maximum atomic E-state index is 11.5. The molecule has 0 bridgehead atoms. The van der Waals surface area contributed by atoms with E-state index < -0.39 is 11.9 Å². The summed E-state index contributed by atoms with van der Waals surface area (Å²) in [6.45, 7) is 11.6. The number of hydrogen-bond acceptors (Lipinski definition) is 6. The highest BCUT2D eigenvalue weighted by Crippen LogP contribution is 2.09. The van der Waals surface area contributed by atoms with Crippen molar-refractivity contribution in [2.24, 2.45) is 11.8 Å². The normalized spacial score (nSPS) is 17.0. The van der Waals surface area contributed by atoms with Gasteiger partial charge in [0, 0.05) is 25.2 Å². The lowest BCUT2D eigenvalue weighted by Gasteiger charge is -2.26. The van der Waals surface area contributed by atoms with E-state index in [1.807, 2.05) is 6.92 Å². The Bertz CT molecular complexity index is 416. The van der Waals surface area contributed by atoms with Crippen molar-refractivity contribution in [1.29, 1.82) is 0 Å². The second-order valence-corrected chi connectivity index (χ2v) is 6.87. The van der Waals surface area contributed by atoms with Crippen LogP contribution in [0.4, 0.5) is 0 Å². The lowest BCUT2D eigenvalue weighted by atomic mass is 9.99. The molecule has 0 spiro atoms. The van der Waals surface area contributed by atoms with Gasteiger partial charge in [0.05, 0.1) is 26.4 Å². The first-order chi connectivity index (χ1) is 12.0. The van der Waals surface area contributed by atoms with Crippen molar-refractivity contribution >= 4 is 11.9 Å². The fourth-order valence-corrected chi connectivity index (χ4v) is 2.25. The van der Waals surface area contributed by atoms with Crippen LogP contribution in [-0.4, -0.2) is 62.9 Å². The summed E-state index contributed by atoms with van der Waals surface area (Å²) in [5.41, 5.74) is 0. The third kappa shape index (κ3) is 10.9. The monoisotopic (exact) mass is 355 g/mol. The summed E-state index contributed by atoms with van der Waals surface area (Å²) in [6.07, 6.45) is 5.21. The van der Waals surface area contributed by atoms with Crippen LogP contribution in [-0.2, 0) is 23.8 Å². The van der Waals surface area contributed by atoms with Crippen LogP contribution in [0.2, 0.25) is 0 Å². The number of rotatable bonds is 11. The van der Waals surface area contributed by atoms with E-state index in [1.54, 1.807) is 0 Å². The number of ether oxygens (including phenoxy) is 3. The van der Waals surface area contributed by atoms with Gasteiger partial charge in [-0.2, -0.15) is 0 Å². The molecule has 0 saturated carbocycles. The SMILES string of the molecule is CC(C)C(C)COC(=O)/C=C/C(=O)OCCCCCN1CCOCC1. The average Bonchev–Trinajstić information content (AvgIpc) is 2.61. The molecule has 1 fully saturated rings. The van der Waals surface area contributed by atoms with E-state index in [2.05, 4.69) is 18.7 Å². The van der Waals surface area contributed by atoms with Crippen LogP contribution in [0.15, 0.2) is 12.2 Å². The van der Waals surface area contributed by atoms with Crippen molar-refractivity contribution < 1.29 is 23.8 Å². The molecule has 1 rings (SSSR count). The molecular formula is C19H33NO5. The molecule has 6 nitrogen and oxygen atoms in total. The number of carbonyl (C=O) groups excluding carboxylic acids is 2. The Morgan fingerprint density at radius 1 is 1.00 bits per heavy atom. The molecular weight excluding hydrogens is 322 g/mol. The van der Waals surface area contributed by atoms with Gasteiger partial charge in [-0.25, -0.2) is 9.59 Å². The van der Waals surface area contributed by atoms with Gasteiger partial charge in [-0.3, -0.25) is 4.90 Å². The molecule has 1 saturated heterocycles. The van der Waals surface area contributed by atoms with E-state index in [0.29, 0.717) is 25.0 Å². The van der Waals surface area contributed by atoms with Crippen LogP contribution in [0.25, 0.3) is 0 Å². The molecule has 25 heavy (non-hydrogen) atoms. The van der Waals surface area contributed by atoms with Crippen LogP contribution in [0.5, 0.6) is 0 Å². The lowest BCUT2D eigenvalue weighted by molar-refractivity contribution is -0.141. The fourth-order valence-electron chi connectivity index (χ4n) is 2.25. The molecule has 1 unspecified atom stereocenters. The van der Waals surface area contributed by atoms with Gasteiger partial charge in [0.2, 0.25) is 0 Å². The van der Waals surface area contributed by atoms with Gasteiger partial charge in [-0.15, -0.1) is 0 Å². The van der Waals surface area contributed by atoms with Crippen molar-refractivity contribution in [1.82, 2.24) is 4.90 Å². The first-order valence-electron chi connectivity index (χ1n) is 9.30. The van der Waals surface area contributed by atoms with Gasteiger partial charge < -0.3 is 14.2 Å². The largest absolute Gasteiger partial charge is 0.463 e. The number of esters is 2. The third-order valence-electron chi connectivity index (χ3n) is 4.45. The highest BCUT2D eigenvalue weighted by atomic mass is 16.5. The van der Waals surface area contributed by atoms with Crippen LogP contribution < -0.4 is 0 Å². The molecule has 0 amide bonds. The highest BCUT2D eigenvalue weighted by molar-refractivity contribution is 5.91. The molecule has 1 heterocycles. The Morgan fingerprint density at radius 3 is 2.28 bits per heavy atom. The minimum Gasteiger partial charge on any atom is -0.463 e. The first-order valence-corrected chi connectivity index (χ1v) is 9.30.